The molecule has 0 aliphatic heterocycles. The molecule has 0 fully saturated rings. The van der Waals surface area contributed by atoms with Crippen molar-refractivity contribution < 1.29 is 9.59 Å². The minimum Gasteiger partial charge on any atom is -0.322 e. The predicted octanol–water partition coefficient (Wildman–Crippen LogP) is 8.84. The Labute approximate surface area is 244 Å². The van der Waals surface area contributed by atoms with Crippen molar-refractivity contribution in [3.05, 3.63) is 130 Å². The van der Waals surface area contributed by atoms with Gasteiger partial charge < -0.3 is 10.6 Å². The van der Waals surface area contributed by atoms with Crippen molar-refractivity contribution in [1.29, 1.82) is 0 Å². The Balaban J connectivity index is 1.34. The van der Waals surface area contributed by atoms with E-state index in [9.17, 15) is 9.59 Å². The number of carbonyl (C=O) groups excluding carboxylic acids is 2. The molecular weight excluding hydrogens is 569 g/mol. The maximum Gasteiger partial charge on any atom is 0.257 e. The molecule has 9 heteroatoms. The zero-order valence-corrected chi connectivity index (χ0v) is 23.5. The first-order valence-corrected chi connectivity index (χ1v) is 14.4. The Morgan fingerprint density at radius 1 is 0.821 bits per heavy atom. The van der Waals surface area contributed by atoms with Crippen LogP contribution >= 0.6 is 46.3 Å². The summed E-state index contributed by atoms with van der Waals surface area (Å²) in [6.07, 6.45) is 0. The number of hydrogen-bond donors (Lipinski definition) is 2. The molecule has 5 rings (SSSR count). The van der Waals surface area contributed by atoms with Crippen LogP contribution in [0, 0.1) is 0 Å². The second-order valence-corrected chi connectivity index (χ2v) is 11.3. The highest BCUT2D eigenvalue weighted by Crippen LogP contribution is 2.38. The molecule has 1 unspecified atom stereocenters. The van der Waals surface area contributed by atoms with Gasteiger partial charge >= 0.3 is 0 Å². The van der Waals surface area contributed by atoms with Gasteiger partial charge in [0.2, 0.25) is 5.91 Å². The number of hydrogen-bond acceptors (Lipinski definition) is 5. The summed E-state index contributed by atoms with van der Waals surface area (Å²) < 4.78 is 0. The Morgan fingerprint density at radius 3 is 2.31 bits per heavy atom. The van der Waals surface area contributed by atoms with Crippen LogP contribution in [-0.2, 0) is 4.79 Å². The molecule has 194 valence electrons. The zero-order chi connectivity index (χ0) is 27.2. The lowest BCUT2D eigenvalue weighted by molar-refractivity contribution is -0.115. The van der Waals surface area contributed by atoms with Crippen molar-refractivity contribution in [1.82, 2.24) is 4.98 Å². The molecule has 1 heterocycles. The van der Waals surface area contributed by atoms with Crippen LogP contribution in [0.4, 0.5) is 10.8 Å². The standard InChI is InChI=1S/C30H21Cl2N3O2S2/c31-21-14-15-24(25(32)16-21)28(36)33-22-12-7-13-23(17-22)39-27(20-10-5-2-6-11-20)29(37)35-30-34-26(18-38-30)19-8-3-1-4-9-19/h1-18,27H,(H,33,36)(H,34,35,37). The summed E-state index contributed by atoms with van der Waals surface area (Å²) in [6, 6.07) is 31.4. The van der Waals surface area contributed by atoms with E-state index in [2.05, 4.69) is 15.6 Å². The second kappa shape index (κ2) is 12.5. The van der Waals surface area contributed by atoms with Crippen LogP contribution in [0.5, 0.6) is 0 Å². The van der Waals surface area contributed by atoms with Crippen LogP contribution in [0.15, 0.2) is 113 Å². The summed E-state index contributed by atoms with van der Waals surface area (Å²) in [5.41, 5.74) is 3.54. The zero-order valence-electron chi connectivity index (χ0n) is 20.3. The molecule has 1 aromatic heterocycles. The number of amides is 2. The third-order valence-corrected chi connectivity index (χ3v) is 8.22. The smallest absolute Gasteiger partial charge is 0.257 e. The third kappa shape index (κ3) is 6.88. The molecule has 0 bridgehead atoms. The number of thioether (sulfide) groups is 1. The fraction of sp³-hybridized carbons (Fsp3) is 0.0333. The second-order valence-electron chi connectivity index (χ2n) is 8.41. The average molecular weight is 591 g/mol. The number of nitrogens with zero attached hydrogens (tertiary/aromatic N) is 1. The lowest BCUT2D eigenvalue weighted by Crippen LogP contribution is -2.19. The molecule has 5 aromatic rings. The molecule has 39 heavy (non-hydrogen) atoms. The van der Waals surface area contributed by atoms with E-state index < -0.39 is 5.25 Å². The van der Waals surface area contributed by atoms with E-state index in [4.69, 9.17) is 23.2 Å². The highest BCUT2D eigenvalue weighted by molar-refractivity contribution is 8.00. The minimum absolute atomic E-state index is 0.192. The van der Waals surface area contributed by atoms with Gasteiger partial charge in [0.15, 0.2) is 5.13 Å². The Kier molecular flexibility index (Phi) is 8.64. The molecule has 0 aliphatic rings. The topological polar surface area (TPSA) is 71.1 Å². The van der Waals surface area contributed by atoms with Gasteiger partial charge in [-0.3, -0.25) is 9.59 Å². The Bertz CT molecular complexity index is 1610. The molecule has 1 atom stereocenters. The molecule has 0 aliphatic carbocycles. The minimum atomic E-state index is -0.549. The summed E-state index contributed by atoms with van der Waals surface area (Å²) in [4.78, 5) is 31.7. The lowest BCUT2D eigenvalue weighted by Gasteiger charge is -2.17. The van der Waals surface area contributed by atoms with Crippen LogP contribution in [0.1, 0.15) is 21.2 Å². The monoisotopic (exact) mass is 589 g/mol. The predicted molar refractivity (Wildman–Crippen MR) is 162 cm³/mol. The number of carbonyl (C=O) groups is 2. The van der Waals surface area contributed by atoms with E-state index in [-0.39, 0.29) is 16.8 Å². The van der Waals surface area contributed by atoms with Gasteiger partial charge in [0.25, 0.3) is 5.91 Å². The van der Waals surface area contributed by atoms with Gasteiger partial charge in [0.1, 0.15) is 5.25 Å². The van der Waals surface area contributed by atoms with E-state index in [1.807, 2.05) is 84.2 Å². The number of halogens is 2. The molecule has 2 N–H and O–H groups in total. The van der Waals surface area contributed by atoms with Crippen LogP contribution in [-0.4, -0.2) is 16.8 Å². The van der Waals surface area contributed by atoms with Gasteiger partial charge in [-0.25, -0.2) is 4.98 Å². The van der Waals surface area contributed by atoms with Crippen LogP contribution < -0.4 is 10.6 Å². The quantitative estimate of drug-likeness (QED) is 0.177. The largest absolute Gasteiger partial charge is 0.322 e. The molecule has 0 saturated heterocycles. The van der Waals surface area contributed by atoms with E-state index in [0.717, 1.165) is 21.7 Å². The van der Waals surface area contributed by atoms with Gasteiger partial charge in [-0.05, 0) is 42.0 Å². The molecule has 0 saturated carbocycles. The molecule has 5 nitrogen and oxygen atoms in total. The number of aromatic nitrogens is 1. The summed E-state index contributed by atoms with van der Waals surface area (Å²) in [7, 11) is 0. The summed E-state index contributed by atoms with van der Waals surface area (Å²) in [6.45, 7) is 0. The first kappa shape index (κ1) is 27.0. The van der Waals surface area contributed by atoms with Crippen LogP contribution in [0.3, 0.4) is 0 Å². The van der Waals surface area contributed by atoms with Crippen LogP contribution in [0.2, 0.25) is 10.0 Å². The highest BCUT2D eigenvalue weighted by atomic mass is 35.5. The third-order valence-electron chi connectivity index (χ3n) is 5.67. The van der Waals surface area contributed by atoms with Crippen molar-refractivity contribution in [2.45, 2.75) is 10.1 Å². The lowest BCUT2D eigenvalue weighted by atomic mass is 10.1. The van der Waals surface area contributed by atoms with Crippen molar-refractivity contribution in [2.24, 2.45) is 0 Å². The molecule has 0 radical (unpaired) electrons. The first-order valence-electron chi connectivity index (χ1n) is 11.9. The summed E-state index contributed by atoms with van der Waals surface area (Å²) >= 11 is 14.9. The van der Waals surface area contributed by atoms with Gasteiger partial charge in [-0.1, -0.05) is 89.9 Å². The molecule has 4 aromatic carbocycles. The van der Waals surface area contributed by atoms with Gasteiger partial charge in [0.05, 0.1) is 16.3 Å². The average Bonchev–Trinajstić information content (AvgIpc) is 3.41. The van der Waals surface area contributed by atoms with Crippen molar-refractivity contribution in [2.75, 3.05) is 10.6 Å². The summed E-state index contributed by atoms with van der Waals surface area (Å²) in [5.74, 6) is -0.545. The first-order chi connectivity index (χ1) is 19.0. The van der Waals surface area contributed by atoms with E-state index in [0.29, 0.717) is 21.4 Å². The molecular formula is C30H21Cl2N3O2S2. The fourth-order valence-corrected chi connectivity index (χ4v) is 6.10. The SMILES string of the molecule is O=C(Nc1cccc(SC(C(=O)Nc2nc(-c3ccccc3)cs2)c2ccccc2)c1)c1ccc(Cl)cc1Cl. The van der Waals surface area contributed by atoms with Crippen molar-refractivity contribution in [3.8, 4) is 11.3 Å². The highest BCUT2D eigenvalue weighted by Gasteiger charge is 2.23. The number of nitrogens with one attached hydrogen (secondary N) is 2. The maximum absolute atomic E-state index is 13.5. The van der Waals surface area contributed by atoms with Crippen LogP contribution in [0.25, 0.3) is 11.3 Å². The van der Waals surface area contributed by atoms with Crippen molar-refractivity contribution in [3.63, 3.8) is 0 Å². The fourth-order valence-electron chi connectivity index (χ4n) is 3.80. The van der Waals surface area contributed by atoms with E-state index in [1.54, 1.807) is 18.2 Å². The van der Waals surface area contributed by atoms with Gasteiger partial charge in [-0.2, -0.15) is 0 Å². The van der Waals surface area contributed by atoms with E-state index >= 15 is 0 Å². The molecule has 2 amide bonds. The number of rotatable bonds is 8. The normalized spacial score (nSPS) is 11.5. The van der Waals surface area contributed by atoms with Gasteiger partial charge in [-0.15, -0.1) is 23.1 Å². The van der Waals surface area contributed by atoms with Gasteiger partial charge in [0, 0.05) is 26.5 Å². The van der Waals surface area contributed by atoms with Crippen molar-refractivity contribution >= 4 is 68.9 Å². The van der Waals surface area contributed by atoms with E-state index in [1.165, 1.54) is 29.2 Å². The number of thiazole rings is 1. The summed E-state index contributed by atoms with van der Waals surface area (Å²) in [5, 5.41) is 8.48. The molecule has 0 spiro atoms. The Hall–Kier alpha value is -3.62. The maximum atomic E-state index is 13.5. The number of benzene rings is 4. The Morgan fingerprint density at radius 2 is 1.56 bits per heavy atom. The number of anilines is 2.